The van der Waals surface area contributed by atoms with Crippen molar-refractivity contribution in [3.05, 3.63) is 77.9 Å². The highest BCUT2D eigenvalue weighted by molar-refractivity contribution is 6.12. The third kappa shape index (κ3) is 21.4. The monoisotopic (exact) mass is 1230 g/mol. The van der Waals surface area contributed by atoms with Crippen LogP contribution >= 0.6 is 0 Å². The van der Waals surface area contributed by atoms with E-state index in [-0.39, 0.29) is 111 Å². The summed E-state index contributed by atoms with van der Waals surface area (Å²) in [6, 6.07) is 2.90. The van der Waals surface area contributed by atoms with E-state index < -0.39 is 83.8 Å². The van der Waals surface area contributed by atoms with Gasteiger partial charge in [-0.05, 0) is 121 Å². The molecule has 4 heterocycles. The molecule has 0 aromatic heterocycles. The van der Waals surface area contributed by atoms with Gasteiger partial charge in [-0.15, -0.1) is 0 Å². The maximum absolute atomic E-state index is 14.5. The predicted octanol–water partition coefficient (Wildman–Crippen LogP) is 3.98. The number of hydrogen-bond acceptors (Lipinski definition) is 16. The van der Waals surface area contributed by atoms with Crippen molar-refractivity contribution in [3.8, 4) is 0 Å². The van der Waals surface area contributed by atoms with Crippen molar-refractivity contribution < 1.29 is 76.7 Å². The van der Waals surface area contributed by atoms with Crippen molar-refractivity contribution in [1.82, 2.24) is 31.5 Å². The second kappa shape index (κ2) is 33.2. The Hall–Kier alpha value is -7.48. The van der Waals surface area contributed by atoms with Crippen molar-refractivity contribution in [2.24, 2.45) is 23.3 Å². The minimum absolute atomic E-state index is 0.0445. The molecule has 1 aliphatic carbocycles. The number of carbonyl (C=O) groups is 10. The van der Waals surface area contributed by atoms with Crippen molar-refractivity contribution in [2.45, 2.75) is 217 Å². The number of imide groups is 1. The summed E-state index contributed by atoms with van der Waals surface area (Å²) in [6.45, 7) is 13.0. The number of aliphatic hydroxyl groups excluding tert-OH is 1. The molecule has 1 aromatic carbocycles. The van der Waals surface area contributed by atoms with Crippen LogP contribution in [0, 0.1) is 11.8 Å². The maximum Gasteiger partial charge on any atom is 0.407 e. The van der Waals surface area contributed by atoms with E-state index in [1.807, 2.05) is 26.0 Å². The molecule has 1 spiro atoms. The van der Waals surface area contributed by atoms with E-state index in [9.17, 15) is 53.1 Å². The molecule has 88 heavy (non-hydrogen) atoms. The molecule has 484 valence electrons. The summed E-state index contributed by atoms with van der Waals surface area (Å²) >= 11 is 0. The standard InChI is InChI=1S/C63H91N9O16/c1-37(2)57(70-52(74)13-9-8-10-31-71-55(77)28-29-56(71)78)60(81)72(49(59(64)80)12-11-30-66-61(65)82)46-23-17-43(18-24-46)35-84-62(83)68-45-21-19-44(20-22-45)67-54(76)33-47-34-63(36-85-63)58(79)51(88-47)26-15-38(3)14-25-50-39(4)32-48(41(6)87-50)69-53(75)27-16-40(5)86-42(7)73/h14-18,23-24,26-29,37,39-41,44-45,47-51,57-58,79H,8-13,19-22,25,30-36H2,1-7H3,(H2,64,80)(H,67,76)(H,68,83)(H,69,75)(H,70,74)(H3,65,66,82)/b26-15+,27-16-,38-14+/t39-,40-,41+,44?,45?,47+,48+,49-,50-,51+,57-,58+,63+/m0/s1. The Labute approximate surface area is 514 Å². The van der Waals surface area contributed by atoms with Gasteiger partial charge in [-0.1, -0.05) is 63.1 Å². The number of esters is 1. The number of hydrogen-bond donors (Lipinski definition) is 8. The van der Waals surface area contributed by atoms with Gasteiger partial charge in [-0.3, -0.25) is 48.2 Å². The zero-order valence-electron chi connectivity index (χ0n) is 51.7. The fourth-order valence-electron chi connectivity index (χ4n) is 11.5. The Bertz CT molecular complexity index is 2740. The number of alkyl carbamates (subject to hydrolysis) is 1. The number of carbonyl (C=O) groups excluding carboxylic acids is 10. The molecule has 0 bridgehead atoms. The quantitative estimate of drug-likeness (QED) is 0.0135. The molecule has 10 amide bonds. The maximum atomic E-state index is 14.5. The van der Waals surface area contributed by atoms with Gasteiger partial charge in [0.05, 0.1) is 37.4 Å². The lowest BCUT2D eigenvalue weighted by atomic mass is 9.87. The highest BCUT2D eigenvalue weighted by Gasteiger charge is 2.58. The Kier molecular flexibility index (Phi) is 26.3. The molecule has 10 N–H and O–H groups in total. The normalized spacial score (nSPS) is 26.3. The first kappa shape index (κ1) is 69.6. The highest BCUT2D eigenvalue weighted by Crippen LogP contribution is 2.43. The lowest BCUT2D eigenvalue weighted by molar-refractivity contribution is -0.146. The van der Waals surface area contributed by atoms with Crippen LogP contribution in [0.15, 0.2) is 72.4 Å². The van der Waals surface area contributed by atoms with E-state index in [2.05, 4.69) is 39.6 Å². The average molecular weight is 1230 g/mol. The second-order valence-electron chi connectivity index (χ2n) is 24.2. The van der Waals surface area contributed by atoms with E-state index >= 15 is 0 Å². The number of rotatable bonds is 30. The van der Waals surface area contributed by atoms with Crippen molar-refractivity contribution in [1.29, 1.82) is 0 Å². The third-order valence-corrected chi connectivity index (χ3v) is 16.6. The van der Waals surface area contributed by atoms with Gasteiger partial charge < -0.3 is 66.8 Å². The number of nitrogens with zero attached hydrogens (tertiary/aromatic N) is 2. The number of anilines is 1. The number of primary amides is 2. The summed E-state index contributed by atoms with van der Waals surface area (Å²) < 4.78 is 29.1. The molecular weight excluding hydrogens is 1140 g/mol. The number of urea groups is 1. The minimum Gasteiger partial charge on any atom is -0.459 e. The van der Waals surface area contributed by atoms with Crippen LogP contribution in [0.5, 0.6) is 0 Å². The molecule has 6 rings (SSSR count). The molecular formula is C63H91N9O16. The van der Waals surface area contributed by atoms with Gasteiger partial charge in [-0.2, -0.15) is 0 Å². The van der Waals surface area contributed by atoms with Gasteiger partial charge >= 0.3 is 18.1 Å². The van der Waals surface area contributed by atoms with Crippen LogP contribution in [-0.2, 0) is 68.6 Å². The third-order valence-electron chi connectivity index (χ3n) is 16.6. The van der Waals surface area contributed by atoms with Crippen LogP contribution in [-0.4, -0.2) is 162 Å². The Morgan fingerprint density at radius 2 is 1.53 bits per heavy atom. The first-order valence-corrected chi connectivity index (χ1v) is 30.7. The Balaban J connectivity index is 0.937. The number of nitrogens with one attached hydrogen (secondary N) is 5. The molecule has 11 atom stereocenters. The highest BCUT2D eigenvalue weighted by atomic mass is 16.6. The number of nitrogens with two attached hydrogens (primary N) is 2. The van der Waals surface area contributed by atoms with Crippen LogP contribution in [0.1, 0.15) is 144 Å². The molecule has 25 heteroatoms. The molecule has 3 saturated heterocycles. The SMILES string of the molecule is CC(=O)O[C@@H](C)/C=C\C(=O)N[C@@H]1C[C@H](C)[C@H](C/C=C(C)/C=C/[C@H]2O[C@H](CC(=O)NC3CCC(NC(=O)OCc4ccc(N(C(=O)[C@@H](NC(=O)CCCCCN5C(=O)C=CC5=O)C(C)C)[C@@H](CCCNC(N)=O)C(N)=O)cc4)CC3)C[C@@]3(CO3)[C@@H]2O)O[C@@H]1C. The molecule has 0 radical (unpaired) electrons. The van der Waals surface area contributed by atoms with Crippen molar-refractivity contribution in [2.75, 3.05) is 24.6 Å². The van der Waals surface area contributed by atoms with Crippen LogP contribution in [0.25, 0.3) is 0 Å². The molecule has 5 aliphatic rings. The average Bonchev–Trinajstić information content (AvgIpc) is 3.00. The van der Waals surface area contributed by atoms with Gasteiger partial charge in [0.1, 0.15) is 42.6 Å². The molecule has 25 nitrogen and oxygen atoms in total. The van der Waals surface area contributed by atoms with E-state index in [1.54, 1.807) is 45.0 Å². The summed E-state index contributed by atoms with van der Waals surface area (Å²) in [6.07, 6.45) is 13.5. The number of ether oxygens (including phenoxy) is 5. The Morgan fingerprint density at radius 3 is 2.16 bits per heavy atom. The number of unbranched alkanes of at least 4 members (excludes halogenated alkanes) is 2. The zero-order chi connectivity index (χ0) is 64.2. The zero-order valence-corrected chi connectivity index (χ0v) is 51.7. The van der Waals surface area contributed by atoms with Crippen LogP contribution < -0.4 is 43.0 Å². The molecule has 4 aliphatic heterocycles. The summed E-state index contributed by atoms with van der Waals surface area (Å²) in [7, 11) is 0. The van der Waals surface area contributed by atoms with E-state index in [0.717, 1.165) is 16.9 Å². The van der Waals surface area contributed by atoms with Crippen molar-refractivity contribution in [3.63, 3.8) is 0 Å². The Morgan fingerprint density at radius 1 is 0.864 bits per heavy atom. The molecule has 0 unspecified atom stereocenters. The molecule has 4 fully saturated rings. The van der Waals surface area contributed by atoms with Crippen LogP contribution in [0.2, 0.25) is 0 Å². The number of allylic oxidation sites excluding steroid dienone is 2. The molecule has 1 saturated carbocycles. The lowest BCUT2D eigenvalue weighted by Crippen LogP contribution is -2.57. The first-order valence-electron chi connectivity index (χ1n) is 30.7. The van der Waals surface area contributed by atoms with Crippen LogP contribution in [0.4, 0.5) is 15.3 Å². The van der Waals surface area contributed by atoms with Gasteiger partial charge in [0.15, 0.2) is 0 Å². The largest absolute Gasteiger partial charge is 0.459 e. The number of aliphatic hydroxyl groups is 1. The predicted molar refractivity (Wildman–Crippen MR) is 323 cm³/mol. The lowest BCUT2D eigenvalue weighted by Gasteiger charge is -2.39. The summed E-state index contributed by atoms with van der Waals surface area (Å²) in [4.78, 5) is 129. The van der Waals surface area contributed by atoms with Crippen molar-refractivity contribution >= 4 is 65.1 Å². The molecule has 1 aromatic rings. The van der Waals surface area contributed by atoms with Gasteiger partial charge in [0, 0.05) is 68.9 Å². The fraction of sp³-hybridized carbons (Fsp3) is 0.619. The number of benzene rings is 1. The van der Waals surface area contributed by atoms with E-state index in [1.165, 1.54) is 36.1 Å². The second-order valence-corrected chi connectivity index (χ2v) is 24.2. The van der Waals surface area contributed by atoms with Crippen LogP contribution in [0.3, 0.4) is 0 Å². The minimum atomic E-state index is -1.19. The number of amides is 10. The summed E-state index contributed by atoms with van der Waals surface area (Å²) in [5, 5.41) is 25.6. The van der Waals surface area contributed by atoms with E-state index in [0.29, 0.717) is 70.0 Å². The van der Waals surface area contributed by atoms with Gasteiger partial charge in [0.25, 0.3) is 17.7 Å². The number of epoxide rings is 1. The summed E-state index contributed by atoms with van der Waals surface area (Å²) in [5.74, 6) is -3.76. The summed E-state index contributed by atoms with van der Waals surface area (Å²) in [5.41, 5.74) is 12.2. The smallest absolute Gasteiger partial charge is 0.407 e. The topological polar surface area (TPSA) is 359 Å². The first-order chi connectivity index (χ1) is 41.8. The van der Waals surface area contributed by atoms with Gasteiger partial charge in [0.2, 0.25) is 23.6 Å². The van der Waals surface area contributed by atoms with E-state index in [4.69, 9.17) is 35.2 Å². The fourth-order valence-corrected chi connectivity index (χ4v) is 11.5. The van der Waals surface area contributed by atoms with Gasteiger partial charge in [-0.25, -0.2) is 9.59 Å².